The van der Waals surface area contributed by atoms with Gasteiger partial charge in [-0.3, -0.25) is 19.7 Å². The smallest absolute Gasteiger partial charge is 0.289 e. The lowest BCUT2D eigenvalue weighted by atomic mass is 9.98. The molecule has 7 heteroatoms. The molecule has 0 radical (unpaired) electrons. The molecular formula is C30H36N6O. The number of aryl methyl sites for hydroxylation is 2. The zero-order chi connectivity index (χ0) is 25.9. The van der Waals surface area contributed by atoms with Crippen LogP contribution in [0.2, 0.25) is 0 Å². The lowest BCUT2D eigenvalue weighted by molar-refractivity contribution is 0.0579. The second kappa shape index (κ2) is 10.8. The largest absolute Gasteiger partial charge is 0.336 e. The first-order valence-corrected chi connectivity index (χ1v) is 13.2. The standard InChI is InChI=1S/C30H36N6O/c1-20(2)24-8-7-13-31-28(24)19-36(18-27-22(4)16-21(3)17-32-27)23-11-14-35(15-12-23)30(37)29-33-25-9-5-6-10-26(25)34-29/h5-10,13,16-17,20,23H,11-12,14-15,18-19H2,1-4H3,(H,33,34). The first-order chi connectivity index (χ1) is 17.9. The highest BCUT2D eigenvalue weighted by atomic mass is 16.2. The number of amides is 1. The molecule has 7 nitrogen and oxygen atoms in total. The highest BCUT2D eigenvalue weighted by molar-refractivity contribution is 5.94. The summed E-state index contributed by atoms with van der Waals surface area (Å²) in [6.07, 6.45) is 5.65. The minimum atomic E-state index is -0.0240. The molecule has 0 saturated carbocycles. The lowest BCUT2D eigenvalue weighted by Gasteiger charge is -2.38. The minimum absolute atomic E-state index is 0.0240. The average molecular weight is 497 g/mol. The van der Waals surface area contributed by atoms with Gasteiger partial charge in [0.05, 0.1) is 22.4 Å². The molecule has 4 heterocycles. The van der Waals surface area contributed by atoms with Crippen LogP contribution in [0.4, 0.5) is 0 Å². The molecule has 1 saturated heterocycles. The lowest BCUT2D eigenvalue weighted by Crippen LogP contribution is -2.46. The Balaban J connectivity index is 1.34. The fourth-order valence-electron chi connectivity index (χ4n) is 5.35. The van der Waals surface area contributed by atoms with E-state index in [1.807, 2.05) is 47.6 Å². The Morgan fingerprint density at radius 3 is 2.54 bits per heavy atom. The Labute approximate surface area is 219 Å². The van der Waals surface area contributed by atoms with Crippen LogP contribution in [0.25, 0.3) is 11.0 Å². The van der Waals surface area contributed by atoms with E-state index in [1.165, 1.54) is 16.7 Å². The molecule has 1 aromatic carbocycles. The summed E-state index contributed by atoms with van der Waals surface area (Å²) in [7, 11) is 0. The normalized spacial score (nSPS) is 14.7. The number of para-hydroxylation sites is 2. The van der Waals surface area contributed by atoms with E-state index in [4.69, 9.17) is 9.97 Å². The number of pyridine rings is 2. The first-order valence-electron chi connectivity index (χ1n) is 13.2. The van der Waals surface area contributed by atoms with Crippen molar-refractivity contribution in [2.75, 3.05) is 13.1 Å². The molecule has 5 rings (SSSR count). The average Bonchev–Trinajstić information content (AvgIpc) is 3.34. The topological polar surface area (TPSA) is 78.0 Å². The third-order valence-electron chi connectivity index (χ3n) is 7.44. The molecule has 0 bridgehead atoms. The van der Waals surface area contributed by atoms with Crippen LogP contribution in [0.3, 0.4) is 0 Å². The predicted molar refractivity (Wildman–Crippen MR) is 146 cm³/mol. The molecule has 4 aromatic rings. The van der Waals surface area contributed by atoms with Gasteiger partial charge in [-0.15, -0.1) is 0 Å². The highest BCUT2D eigenvalue weighted by Gasteiger charge is 2.30. The number of hydrogen-bond donors (Lipinski definition) is 1. The molecule has 0 atom stereocenters. The Kier molecular flexibility index (Phi) is 7.33. The van der Waals surface area contributed by atoms with Crippen molar-refractivity contribution in [1.82, 2.24) is 29.7 Å². The number of piperidine rings is 1. The second-order valence-corrected chi connectivity index (χ2v) is 10.5. The summed E-state index contributed by atoms with van der Waals surface area (Å²) in [4.78, 5) is 34.9. The number of fused-ring (bicyclic) bond motifs is 1. The van der Waals surface area contributed by atoms with Gasteiger partial charge in [0.25, 0.3) is 5.91 Å². The van der Waals surface area contributed by atoms with Crippen LogP contribution in [0, 0.1) is 13.8 Å². The van der Waals surface area contributed by atoms with E-state index in [0.717, 1.165) is 48.4 Å². The fourth-order valence-corrected chi connectivity index (χ4v) is 5.35. The van der Waals surface area contributed by atoms with Crippen LogP contribution in [0.5, 0.6) is 0 Å². The predicted octanol–water partition coefficient (Wildman–Crippen LogP) is 5.40. The van der Waals surface area contributed by atoms with Crippen molar-refractivity contribution in [2.24, 2.45) is 0 Å². The van der Waals surface area contributed by atoms with E-state index in [1.54, 1.807) is 0 Å². The summed E-state index contributed by atoms with van der Waals surface area (Å²) in [5.41, 5.74) is 7.63. The van der Waals surface area contributed by atoms with E-state index < -0.39 is 0 Å². The van der Waals surface area contributed by atoms with Crippen molar-refractivity contribution in [2.45, 2.75) is 65.6 Å². The van der Waals surface area contributed by atoms with E-state index in [2.05, 4.69) is 54.7 Å². The number of likely N-dealkylation sites (tertiary alicyclic amines) is 1. The van der Waals surface area contributed by atoms with Gasteiger partial charge in [0.15, 0.2) is 5.82 Å². The van der Waals surface area contributed by atoms with Crippen molar-refractivity contribution in [3.8, 4) is 0 Å². The third kappa shape index (κ3) is 5.57. The number of aromatic amines is 1. The Hall–Kier alpha value is -3.58. The van der Waals surface area contributed by atoms with Gasteiger partial charge >= 0.3 is 0 Å². The van der Waals surface area contributed by atoms with Gasteiger partial charge < -0.3 is 9.88 Å². The second-order valence-electron chi connectivity index (χ2n) is 10.5. The summed E-state index contributed by atoms with van der Waals surface area (Å²) < 4.78 is 0. The van der Waals surface area contributed by atoms with E-state index >= 15 is 0 Å². The number of hydrogen-bond acceptors (Lipinski definition) is 5. The molecule has 0 aliphatic carbocycles. The summed E-state index contributed by atoms with van der Waals surface area (Å²) in [6.45, 7) is 11.6. The molecule has 37 heavy (non-hydrogen) atoms. The molecule has 0 spiro atoms. The Morgan fingerprint density at radius 1 is 1.05 bits per heavy atom. The number of carbonyl (C=O) groups is 1. The molecule has 1 aliphatic rings. The first kappa shape index (κ1) is 25.1. The number of aromatic nitrogens is 4. The summed E-state index contributed by atoms with van der Waals surface area (Å²) in [6, 6.07) is 14.5. The zero-order valence-electron chi connectivity index (χ0n) is 22.2. The van der Waals surface area contributed by atoms with Gasteiger partial charge in [-0.1, -0.05) is 38.1 Å². The number of rotatable bonds is 7. The Bertz CT molecular complexity index is 1350. The van der Waals surface area contributed by atoms with E-state index in [0.29, 0.717) is 30.9 Å². The number of benzene rings is 1. The third-order valence-corrected chi connectivity index (χ3v) is 7.44. The van der Waals surface area contributed by atoms with Crippen molar-refractivity contribution < 1.29 is 4.79 Å². The van der Waals surface area contributed by atoms with Crippen LogP contribution in [-0.2, 0) is 13.1 Å². The van der Waals surface area contributed by atoms with Crippen LogP contribution < -0.4 is 0 Å². The van der Waals surface area contributed by atoms with Gasteiger partial charge in [-0.2, -0.15) is 0 Å². The number of nitrogens with one attached hydrogen (secondary N) is 1. The van der Waals surface area contributed by atoms with Gasteiger partial charge in [-0.05, 0) is 67.5 Å². The number of imidazole rings is 1. The maximum atomic E-state index is 13.2. The van der Waals surface area contributed by atoms with Crippen LogP contribution in [0.15, 0.2) is 54.9 Å². The molecule has 192 valence electrons. The van der Waals surface area contributed by atoms with Crippen LogP contribution in [0.1, 0.15) is 71.3 Å². The molecule has 1 aliphatic heterocycles. The summed E-state index contributed by atoms with van der Waals surface area (Å²) in [5, 5.41) is 0. The van der Waals surface area contributed by atoms with Gasteiger partial charge in [-0.25, -0.2) is 4.98 Å². The number of H-pyrrole nitrogens is 1. The van der Waals surface area contributed by atoms with Gasteiger partial charge in [0, 0.05) is 44.6 Å². The Morgan fingerprint density at radius 2 is 1.81 bits per heavy atom. The van der Waals surface area contributed by atoms with E-state index in [-0.39, 0.29) is 5.91 Å². The maximum Gasteiger partial charge on any atom is 0.289 e. The molecule has 1 fully saturated rings. The van der Waals surface area contributed by atoms with Crippen LogP contribution >= 0.6 is 0 Å². The van der Waals surface area contributed by atoms with Gasteiger partial charge in [0.1, 0.15) is 0 Å². The van der Waals surface area contributed by atoms with Gasteiger partial charge in [0.2, 0.25) is 0 Å². The number of nitrogens with zero attached hydrogens (tertiary/aromatic N) is 5. The quantitative estimate of drug-likeness (QED) is 0.371. The maximum absolute atomic E-state index is 13.2. The molecule has 0 unspecified atom stereocenters. The van der Waals surface area contributed by atoms with Crippen molar-refractivity contribution in [3.63, 3.8) is 0 Å². The monoisotopic (exact) mass is 496 g/mol. The zero-order valence-corrected chi connectivity index (χ0v) is 22.2. The summed E-state index contributed by atoms with van der Waals surface area (Å²) in [5.74, 6) is 0.808. The van der Waals surface area contributed by atoms with Crippen molar-refractivity contribution >= 4 is 16.9 Å². The minimum Gasteiger partial charge on any atom is -0.336 e. The van der Waals surface area contributed by atoms with Crippen LogP contribution in [-0.4, -0.2) is 54.8 Å². The van der Waals surface area contributed by atoms with Crippen molar-refractivity contribution in [3.05, 3.63) is 88.8 Å². The highest BCUT2D eigenvalue weighted by Crippen LogP contribution is 2.26. The molecular weight excluding hydrogens is 460 g/mol. The summed E-state index contributed by atoms with van der Waals surface area (Å²) >= 11 is 0. The van der Waals surface area contributed by atoms with E-state index in [9.17, 15) is 4.79 Å². The molecule has 1 amide bonds. The SMILES string of the molecule is Cc1cnc(CN(Cc2ncccc2C(C)C)C2CCN(C(=O)c3nc4ccccc4[nH]3)CC2)c(C)c1. The fraction of sp³-hybridized carbons (Fsp3) is 0.400. The van der Waals surface area contributed by atoms with Crippen molar-refractivity contribution in [1.29, 1.82) is 0 Å². The molecule has 1 N–H and O–H groups in total. The number of carbonyl (C=O) groups excluding carboxylic acids is 1. The molecule has 3 aromatic heterocycles.